The van der Waals surface area contributed by atoms with Crippen LogP contribution in [0.3, 0.4) is 0 Å². The predicted molar refractivity (Wildman–Crippen MR) is 114 cm³/mol. The fourth-order valence-corrected chi connectivity index (χ4v) is 4.19. The molecule has 0 saturated heterocycles. The first kappa shape index (κ1) is 22.0. The van der Waals surface area contributed by atoms with E-state index in [2.05, 4.69) is 11.9 Å². The second-order valence-electron chi connectivity index (χ2n) is 6.03. The smallest absolute Gasteiger partial charge is 0.251 e. The van der Waals surface area contributed by atoms with E-state index in [4.69, 9.17) is 0 Å². The van der Waals surface area contributed by atoms with Crippen LogP contribution in [-0.4, -0.2) is 39.4 Å². The van der Waals surface area contributed by atoms with E-state index in [0.717, 1.165) is 6.26 Å². The molecule has 5 nitrogen and oxygen atoms in total. The number of carbonyl (C=O) groups excluding carboxylic acids is 1. The van der Waals surface area contributed by atoms with Crippen LogP contribution in [0.4, 0.5) is 10.1 Å². The number of halogens is 1. The van der Waals surface area contributed by atoms with Gasteiger partial charge in [0.25, 0.3) is 5.91 Å². The average Bonchev–Trinajstić information content (AvgIpc) is 2.66. The van der Waals surface area contributed by atoms with E-state index in [1.807, 2.05) is 0 Å². The SMILES string of the molecule is C=CCN(c1ccc(C(=O)NCCSCc2ccccc2F)cc1)S(C)(=O)=O. The lowest BCUT2D eigenvalue weighted by molar-refractivity contribution is 0.0956. The maximum atomic E-state index is 13.5. The van der Waals surface area contributed by atoms with Gasteiger partial charge in [0.1, 0.15) is 5.82 Å². The van der Waals surface area contributed by atoms with Gasteiger partial charge in [-0.05, 0) is 35.9 Å². The molecule has 150 valence electrons. The Balaban J connectivity index is 1.84. The Morgan fingerprint density at radius 1 is 1.21 bits per heavy atom. The van der Waals surface area contributed by atoms with Crippen molar-refractivity contribution in [3.63, 3.8) is 0 Å². The predicted octanol–water partition coefficient (Wildman–Crippen LogP) is 3.44. The van der Waals surface area contributed by atoms with Gasteiger partial charge in [-0.1, -0.05) is 24.3 Å². The third kappa shape index (κ3) is 6.38. The monoisotopic (exact) mass is 422 g/mol. The first-order valence-electron chi connectivity index (χ1n) is 8.61. The van der Waals surface area contributed by atoms with Crippen LogP contribution in [0.15, 0.2) is 61.2 Å². The molecular weight excluding hydrogens is 399 g/mol. The molecule has 8 heteroatoms. The number of benzene rings is 2. The Morgan fingerprint density at radius 3 is 2.50 bits per heavy atom. The Kier molecular flexibility index (Phi) is 8.07. The molecule has 2 rings (SSSR count). The fourth-order valence-electron chi connectivity index (χ4n) is 2.46. The normalized spacial score (nSPS) is 11.1. The summed E-state index contributed by atoms with van der Waals surface area (Å²) < 4.78 is 38.4. The molecule has 0 aliphatic carbocycles. The highest BCUT2D eigenvalue weighted by molar-refractivity contribution is 7.98. The molecule has 0 spiro atoms. The number of thioether (sulfide) groups is 1. The number of amides is 1. The van der Waals surface area contributed by atoms with E-state index in [1.165, 1.54) is 28.2 Å². The van der Waals surface area contributed by atoms with E-state index < -0.39 is 10.0 Å². The lowest BCUT2D eigenvalue weighted by atomic mass is 10.2. The Bertz CT molecular complexity index is 915. The van der Waals surface area contributed by atoms with Gasteiger partial charge in [0.2, 0.25) is 10.0 Å². The first-order valence-corrected chi connectivity index (χ1v) is 11.6. The maximum absolute atomic E-state index is 13.5. The highest BCUT2D eigenvalue weighted by Crippen LogP contribution is 2.18. The molecule has 0 aliphatic heterocycles. The highest BCUT2D eigenvalue weighted by atomic mass is 32.2. The summed E-state index contributed by atoms with van der Waals surface area (Å²) in [5, 5.41) is 2.80. The summed E-state index contributed by atoms with van der Waals surface area (Å²) in [6, 6.07) is 13.0. The second kappa shape index (κ2) is 10.3. The van der Waals surface area contributed by atoms with Crippen molar-refractivity contribution in [3.05, 3.63) is 78.1 Å². The Labute approximate surface area is 169 Å². The number of sulfonamides is 1. The van der Waals surface area contributed by atoms with Crippen LogP contribution in [-0.2, 0) is 15.8 Å². The number of carbonyl (C=O) groups is 1. The standard InChI is InChI=1S/C20H23FN2O3S2/c1-3-13-23(28(2,25)26)18-10-8-16(9-11-18)20(24)22-12-14-27-15-17-6-4-5-7-19(17)21/h3-11H,1,12-15H2,2H3,(H,22,24). The Hall–Kier alpha value is -2.32. The number of hydrogen-bond acceptors (Lipinski definition) is 4. The van der Waals surface area contributed by atoms with Crippen LogP contribution in [0.2, 0.25) is 0 Å². The first-order chi connectivity index (χ1) is 13.3. The van der Waals surface area contributed by atoms with Gasteiger partial charge in [0.15, 0.2) is 0 Å². The lowest BCUT2D eigenvalue weighted by Crippen LogP contribution is -2.30. The number of hydrogen-bond donors (Lipinski definition) is 1. The highest BCUT2D eigenvalue weighted by Gasteiger charge is 2.16. The third-order valence-electron chi connectivity index (χ3n) is 3.86. The van der Waals surface area contributed by atoms with Crippen LogP contribution >= 0.6 is 11.8 Å². The molecule has 2 aromatic rings. The van der Waals surface area contributed by atoms with Gasteiger partial charge >= 0.3 is 0 Å². The molecule has 0 bridgehead atoms. The van der Waals surface area contributed by atoms with Crippen molar-refractivity contribution in [3.8, 4) is 0 Å². The van der Waals surface area contributed by atoms with Gasteiger partial charge in [-0.3, -0.25) is 9.10 Å². The van der Waals surface area contributed by atoms with E-state index in [-0.39, 0.29) is 18.3 Å². The summed E-state index contributed by atoms with van der Waals surface area (Å²) in [4.78, 5) is 12.2. The van der Waals surface area contributed by atoms with E-state index >= 15 is 0 Å². The minimum absolute atomic E-state index is 0.156. The van der Waals surface area contributed by atoms with Crippen molar-refractivity contribution in [2.24, 2.45) is 0 Å². The summed E-state index contributed by atoms with van der Waals surface area (Å²) in [6.45, 7) is 4.17. The number of anilines is 1. The summed E-state index contributed by atoms with van der Waals surface area (Å²) in [5.41, 5.74) is 1.55. The zero-order valence-electron chi connectivity index (χ0n) is 15.6. The van der Waals surface area contributed by atoms with E-state index in [0.29, 0.717) is 34.9 Å². The molecule has 1 amide bonds. The molecule has 1 N–H and O–H groups in total. The number of rotatable bonds is 10. The van der Waals surface area contributed by atoms with Crippen LogP contribution in [0.5, 0.6) is 0 Å². The van der Waals surface area contributed by atoms with Crippen molar-refractivity contribution >= 4 is 33.4 Å². The van der Waals surface area contributed by atoms with Crippen molar-refractivity contribution < 1.29 is 17.6 Å². The average molecular weight is 423 g/mol. The lowest BCUT2D eigenvalue weighted by Gasteiger charge is -2.20. The molecule has 28 heavy (non-hydrogen) atoms. The second-order valence-corrected chi connectivity index (χ2v) is 9.04. The van der Waals surface area contributed by atoms with Gasteiger partial charge in [-0.2, -0.15) is 11.8 Å². The molecule has 0 heterocycles. The molecule has 0 aliphatic rings. The zero-order valence-corrected chi connectivity index (χ0v) is 17.2. The summed E-state index contributed by atoms with van der Waals surface area (Å²) in [6.07, 6.45) is 2.62. The summed E-state index contributed by atoms with van der Waals surface area (Å²) in [7, 11) is -3.43. The fraction of sp³-hybridized carbons (Fsp3) is 0.250. The topological polar surface area (TPSA) is 66.5 Å². The molecular formula is C20H23FN2O3S2. The van der Waals surface area contributed by atoms with Crippen molar-refractivity contribution in [2.75, 3.05) is 29.4 Å². The number of nitrogens with zero attached hydrogens (tertiary/aromatic N) is 1. The molecule has 0 radical (unpaired) electrons. The van der Waals surface area contributed by atoms with Crippen molar-refractivity contribution in [1.82, 2.24) is 5.32 Å². The summed E-state index contributed by atoms with van der Waals surface area (Å²) >= 11 is 1.53. The largest absolute Gasteiger partial charge is 0.351 e. The van der Waals surface area contributed by atoms with Crippen LogP contribution < -0.4 is 9.62 Å². The summed E-state index contributed by atoms with van der Waals surface area (Å²) in [5.74, 6) is 0.729. The van der Waals surface area contributed by atoms with E-state index in [9.17, 15) is 17.6 Å². The molecule has 0 fully saturated rings. The maximum Gasteiger partial charge on any atom is 0.251 e. The molecule has 0 unspecified atom stereocenters. The van der Waals surface area contributed by atoms with Crippen molar-refractivity contribution in [1.29, 1.82) is 0 Å². The number of nitrogens with one attached hydrogen (secondary N) is 1. The molecule has 0 aromatic heterocycles. The minimum Gasteiger partial charge on any atom is -0.351 e. The van der Waals surface area contributed by atoms with Crippen LogP contribution in [0, 0.1) is 5.82 Å². The minimum atomic E-state index is -3.43. The van der Waals surface area contributed by atoms with Crippen molar-refractivity contribution in [2.45, 2.75) is 5.75 Å². The Morgan fingerprint density at radius 2 is 1.89 bits per heavy atom. The van der Waals surface area contributed by atoms with Gasteiger partial charge in [0, 0.05) is 23.6 Å². The van der Waals surface area contributed by atoms with Gasteiger partial charge in [-0.15, -0.1) is 6.58 Å². The quantitative estimate of drug-likeness (QED) is 0.471. The van der Waals surface area contributed by atoms with Gasteiger partial charge < -0.3 is 5.32 Å². The molecule has 2 aromatic carbocycles. The molecule has 0 saturated carbocycles. The van der Waals surface area contributed by atoms with Crippen LogP contribution in [0.25, 0.3) is 0 Å². The van der Waals surface area contributed by atoms with Gasteiger partial charge in [0.05, 0.1) is 18.5 Å². The molecule has 0 atom stereocenters. The van der Waals surface area contributed by atoms with E-state index in [1.54, 1.807) is 42.5 Å². The third-order valence-corrected chi connectivity index (χ3v) is 6.03. The van der Waals surface area contributed by atoms with Crippen LogP contribution in [0.1, 0.15) is 15.9 Å². The van der Waals surface area contributed by atoms with Gasteiger partial charge in [-0.25, -0.2) is 12.8 Å². The zero-order chi connectivity index (χ0) is 20.6.